The van der Waals surface area contributed by atoms with E-state index in [1.54, 1.807) is 20.1 Å². The van der Waals surface area contributed by atoms with Gasteiger partial charge in [-0.2, -0.15) is 0 Å². The van der Waals surface area contributed by atoms with E-state index in [2.05, 4.69) is 13.8 Å². The van der Waals surface area contributed by atoms with Gasteiger partial charge in [0.05, 0.1) is 25.9 Å². The molecule has 1 rings (SSSR count). The van der Waals surface area contributed by atoms with Crippen molar-refractivity contribution >= 4 is 0 Å². The van der Waals surface area contributed by atoms with Crippen LogP contribution in [0.3, 0.4) is 0 Å². The Balaban J connectivity index is 2.97. The van der Waals surface area contributed by atoms with Crippen molar-refractivity contribution in [2.75, 3.05) is 13.7 Å². The monoisotopic (exact) mass is 270 g/mol. The Labute approximate surface area is 114 Å². The second kappa shape index (κ2) is 7.46. The van der Waals surface area contributed by atoms with Crippen LogP contribution in [-0.4, -0.2) is 24.9 Å². The molecule has 0 bridgehead atoms. The minimum absolute atomic E-state index is 0.219. The first kappa shape index (κ1) is 15.9. The third-order valence-electron chi connectivity index (χ3n) is 2.76. The van der Waals surface area contributed by atoms with Gasteiger partial charge >= 0.3 is 0 Å². The summed E-state index contributed by atoms with van der Waals surface area (Å²) in [6, 6.07) is 4.40. The molecule has 0 saturated heterocycles. The maximum absolute atomic E-state index is 13.4. The summed E-state index contributed by atoms with van der Waals surface area (Å²) in [4.78, 5) is 0. The van der Waals surface area contributed by atoms with E-state index in [0.29, 0.717) is 17.2 Å². The Morgan fingerprint density at radius 2 is 1.95 bits per heavy atom. The quantitative estimate of drug-likeness (QED) is 0.826. The first-order chi connectivity index (χ1) is 8.93. The average molecular weight is 270 g/mol. The lowest BCUT2D eigenvalue weighted by Crippen LogP contribution is -2.16. The van der Waals surface area contributed by atoms with Gasteiger partial charge in [-0.25, -0.2) is 4.39 Å². The second-order valence-electron chi connectivity index (χ2n) is 5.19. The molecule has 2 atom stereocenters. The van der Waals surface area contributed by atoms with E-state index < -0.39 is 6.10 Å². The Bertz CT molecular complexity index is 391. The predicted molar refractivity (Wildman–Crippen MR) is 72.8 cm³/mol. The minimum atomic E-state index is -0.547. The fraction of sp³-hybridized carbons (Fsp3) is 0.600. The Morgan fingerprint density at radius 1 is 1.26 bits per heavy atom. The van der Waals surface area contributed by atoms with Gasteiger partial charge in [0, 0.05) is 5.56 Å². The Morgan fingerprint density at radius 3 is 2.47 bits per heavy atom. The highest BCUT2D eigenvalue weighted by atomic mass is 19.1. The molecule has 4 heteroatoms. The zero-order valence-electron chi connectivity index (χ0n) is 12.0. The van der Waals surface area contributed by atoms with Gasteiger partial charge < -0.3 is 14.6 Å². The lowest BCUT2D eigenvalue weighted by molar-refractivity contribution is -0.0136. The van der Waals surface area contributed by atoms with Crippen LogP contribution in [0.25, 0.3) is 0 Å². The Hall–Kier alpha value is -1.13. The number of benzene rings is 1. The fourth-order valence-electron chi connectivity index (χ4n) is 1.93. The maximum atomic E-state index is 13.4. The first-order valence-electron chi connectivity index (χ1n) is 6.57. The van der Waals surface area contributed by atoms with Gasteiger partial charge in [-0.05, 0) is 37.5 Å². The van der Waals surface area contributed by atoms with Gasteiger partial charge in [-0.3, -0.25) is 0 Å². The van der Waals surface area contributed by atoms with E-state index in [-0.39, 0.29) is 18.5 Å². The van der Waals surface area contributed by atoms with Crippen LogP contribution in [0.1, 0.15) is 38.9 Å². The van der Waals surface area contributed by atoms with Crippen LogP contribution in [0, 0.1) is 11.7 Å². The molecule has 0 aliphatic carbocycles. The standard InChI is InChI=1S/C15H23FO3/c1-10(2)7-15(19-9-11(3)17)13-8-12(16)5-6-14(13)18-4/h5-6,8,10-11,15,17H,7,9H2,1-4H3/t11-,15-/m0/s1. The van der Waals surface area contributed by atoms with Crippen LogP contribution in [0.5, 0.6) is 5.75 Å². The molecule has 1 aromatic rings. The summed E-state index contributed by atoms with van der Waals surface area (Å²) < 4.78 is 24.4. The summed E-state index contributed by atoms with van der Waals surface area (Å²) in [5.41, 5.74) is 0.692. The number of halogens is 1. The number of hydrogen-bond donors (Lipinski definition) is 1. The molecular formula is C15H23FO3. The molecule has 0 spiro atoms. The van der Waals surface area contributed by atoms with Crippen molar-refractivity contribution in [2.45, 2.75) is 39.4 Å². The molecular weight excluding hydrogens is 247 g/mol. The highest BCUT2D eigenvalue weighted by Crippen LogP contribution is 2.33. The summed E-state index contributed by atoms with van der Waals surface area (Å²) in [6.45, 7) is 6.03. The van der Waals surface area contributed by atoms with Gasteiger partial charge in [-0.1, -0.05) is 13.8 Å². The number of methoxy groups -OCH3 is 1. The van der Waals surface area contributed by atoms with Gasteiger partial charge in [0.15, 0.2) is 0 Å². The van der Waals surface area contributed by atoms with Crippen molar-refractivity contribution in [2.24, 2.45) is 5.92 Å². The van der Waals surface area contributed by atoms with Crippen LogP contribution in [0.4, 0.5) is 4.39 Å². The summed E-state index contributed by atoms with van der Waals surface area (Å²) in [7, 11) is 1.55. The second-order valence-corrected chi connectivity index (χ2v) is 5.19. The molecule has 1 N–H and O–H groups in total. The topological polar surface area (TPSA) is 38.7 Å². The van der Waals surface area contributed by atoms with Crippen LogP contribution < -0.4 is 4.74 Å². The van der Waals surface area contributed by atoms with Crippen molar-refractivity contribution in [1.29, 1.82) is 0 Å². The van der Waals surface area contributed by atoms with Crippen molar-refractivity contribution in [3.05, 3.63) is 29.6 Å². The molecule has 0 unspecified atom stereocenters. The summed E-state index contributed by atoms with van der Waals surface area (Å²) in [6.07, 6.45) is -0.0820. The van der Waals surface area contributed by atoms with Crippen LogP contribution in [-0.2, 0) is 4.74 Å². The molecule has 19 heavy (non-hydrogen) atoms. The van der Waals surface area contributed by atoms with Crippen LogP contribution >= 0.6 is 0 Å². The molecule has 108 valence electrons. The van der Waals surface area contributed by atoms with E-state index >= 15 is 0 Å². The lowest BCUT2D eigenvalue weighted by atomic mass is 9.98. The average Bonchev–Trinajstić information content (AvgIpc) is 2.33. The van der Waals surface area contributed by atoms with E-state index in [1.807, 2.05) is 0 Å². The van der Waals surface area contributed by atoms with Gasteiger partial charge in [-0.15, -0.1) is 0 Å². The smallest absolute Gasteiger partial charge is 0.124 e. The van der Waals surface area contributed by atoms with Crippen molar-refractivity contribution in [3.8, 4) is 5.75 Å². The van der Waals surface area contributed by atoms with Crippen LogP contribution in [0.15, 0.2) is 18.2 Å². The SMILES string of the molecule is COc1ccc(F)cc1[C@H](CC(C)C)OC[C@H](C)O. The largest absolute Gasteiger partial charge is 0.496 e. The summed E-state index contributed by atoms with van der Waals surface area (Å²) in [5.74, 6) is 0.690. The van der Waals surface area contributed by atoms with E-state index in [0.717, 1.165) is 6.42 Å². The highest BCUT2D eigenvalue weighted by Gasteiger charge is 2.19. The first-order valence-corrected chi connectivity index (χ1v) is 6.57. The number of ether oxygens (including phenoxy) is 2. The summed E-state index contributed by atoms with van der Waals surface area (Å²) >= 11 is 0. The zero-order valence-corrected chi connectivity index (χ0v) is 12.0. The maximum Gasteiger partial charge on any atom is 0.124 e. The molecule has 3 nitrogen and oxygen atoms in total. The van der Waals surface area contributed by atoms with Gasteiger partial charge in [0.25, 0.3) is 0 Å². The lowest BCUT2D eigenvalue weighted by Gasteiger charge is -2.23. The molecule has 1 aromatic carbocycles. The van der Waals surface area contributed by atoms with E-state index in [1.165, 1.54) is 12.1 Å². The molecule has 0 heterocycles. The van der Waals surface area contributed by atoms with Crippen LogP contribution in [0.2, 0.25) is 0 Å². The number of aliphatic hydroxyl groups is 1. The van der Waals surface area contributed by atoms with E-state index in [9.17, 15) is 9.50 Å². The number of rotatable bonds is 7. The number of aliphatic hydroxyl groups excluding tert-OH is 1. The normalized spacial score (nSPS) is 14.5. The van der Waals surface area contributed by atoms with Crippen molar-refractivity contribution in [1.82, 2.24) is 0 Å². The fourth-order valence-corrected chi connectivity index (χ4v) is 1.93. The minimum Gasteiger partial charge on any atom is -0.496 e. The molecule has 0 radical (unpaired) electrons. The molecule has 0 amide bonds. The van der Waals surface area contributed by atoms with Crippen molar-refractivity contribution in [3.63, 3.8) is 0 Å². The molecule has 0 saturated carbocycles. The molecule has 0 aliphatic heterocycles. The molecule has 0 fully saturated rings. The van der Waals surface area contributed by atoms with Gasteiger partial charge in [0.2, 0.25) is 0 Å². The van der Waals surface area contributed by atoms with Gasteiger partial charge in [0.1, 0.15) is 11.6 Å². The molecule has 0 aliphatic rings. The van der Waals surface area contributed by atoms with E-state index in [4.69, 9.17) is 9.47 Å². The summed E-state index contributed by atoms with van der Waals surface area (Å²) in [5, 5.41) is 9.33. The highest BCUT2D eigenvalue weighted by molar-refractivity contribution is 5.35. The van der Waals surface area contributed by atoms with Crippen molar-refractivity contribution < 1.29 is 19.0 Å². The Kier molecular flexibility index (Phi) is 6.25. The molecule has 0 aromatic heterocycles. The third kappa shape index (κ3) is 5.17. The predicted octanol–water partition coefficient (Wildman–Crippen LogP) is 3.32. The number of hydrogen-bond acceptors (Lipinski definition) is 3. The third-order valence-corrected chi connectivity index (χ3v) is 2.76. The zero-order chi connectivity index (χ0) is 14.4.